The molecule has 23 heavy (non-hydrogen) atoms. The fourth-order valence-corrected chi connectivity index (χ4v) is 1.95. The molecule has 116 valence electrons. The third kappa shape index (κ3) is 3.55. The van der Waals surface area contributed by atoms with E-state index in [2.05, 4.69) is 9.97 Å². The maximum absolute atomic E-state index is 10.8. The van der Waals surface area contributed by atoms with Gasteiger partial charge in [0, 0.05) is 17.6 Å². The molecule has 0 spiro atoms. The highest BCUT2D eigenvalue weighted by Crippen LogP contribution is 2.24. The van der Waals surface area contributed by atoms with Crippen LogP contribution in [0.25, 0.3) is 11.0 Å². The number of pyridine rings is 2. The summed E-state index contributed by atoms with van der Waals surface area (Å²) in [6.07, 6.45) is 0.768. The molecule has 1 N–H and O–H groups in total. The number of aliphatic carboxylic acids is 1. The Balaban J connectivity index is 1.73. The first-order valence-electron chi connectivity index (χ1n) is 7.01. The number of benzene rings is 1. The van der Waals surface area contributed by atoms with Crippen LogP contribution in [0.5, 0.6) is 17.4 Å². The Hall–Kier alpha value is -3.15. The minimum Gasteiger partial charge on any atom is -0.479 e. The van der Waals surface area contributed by atoms with Crippen LogP contribution in [0.2, 0.25) is 0 Å². The molecule has 0 aliphatic rings. The quantitative estimate of drug-likeness (QED) is 0.779. The minimum absolute atomic E-state index is 0.434. The Labute approximate surface area is 132 Å². The van der Waals surface area contributed by atoms with Crippen LogP contribution in [-0.2, 0) is 4.79 Å². The van der Waals surface area contributed by atoms with E-state index in [4.69, 9.17) is 14.6 Å². The van der Waals surface area contributed by atoms with Gasteiger partial charge in [0.15, 0.2) is 11.8 Å². The second-order valence-corrected chi connectivity index (χ2v) is 4.87. The molecule has 0 aliphatic heterocycles. The molecule has 3 aromatic rings. The number of hydrogen-bond donors (Lipinski definition) is 1. The minimum atomic E-state index is -1.02. The number of carboxylic acids is 1. The van der Waals surface area contributed by atoms with E-state index >= 15 is 0 Å². The van der Waals surface area contributed by atoms with Crippen LogP contribution in [-0.4, -0.2) is 27.1 Å². The first kappa shape index (κ1) is 14.8. The maximum Gasteiger partial charge on any atom is 0.344 e. The fraction of sp³-hybridized carbons (Fsp3) is 0.118. The summed E-state index contributed by atoms with van der Waals surface area (Å²) in [5, 5.41) is 9.75. The summed E-state index contributed by atoms with van der Waals surface area (Å²) in [5.74, 6) is 0.449. The van der Waals surface area contributed by atoms with Gasteiger partial charge in [0.2, 0.25) is 5.88 Å². The van der Waals surface area contributed by atoms with Gasteiger partial charge in [0.25, 0.3) is 0 Å². The smallest absolute Gasteiger partial charge is 0.344 e. The Morgan fingerprint density at radius 1 is 1.09 bits per heavy atom. The summed E-state index contributed by atoms with van der Waals surface area (Å²) in [6, 6.07) is 14.1. The van der Waals surface area contributed by atoms with Crippen molar-refractivity contribution < 1.29 is 19.4 Å². The third-order valence-corrected chi connectivity index (χ3v) is 3.15. The van der Waals surface area contributed by atoms with Gasteiger partial charge in [0.1, 0.15) is 11.5 Å². The van der Waals surface area contributed by atoms with Crippen molar-refractivity contribution in [1.82, 2.24) is 9.97 Å². The predicted octanol–water partition coefficient (Wildman–Crippen LogP) is 3.27. The Bertz CT molecular complexity index is 833. The van der Waals surface area contributed by atoms with E-state index in [-0.39, 0.29) is 0 Å². The van der Waals surface area contributed by atoms with E-state index in [1.165, 1.54) is 6.92 Å². The summed E-state index contributed by atoms with van der Waals surface area (Å²) in [4.78, 5) is 19.3. The van der Waals surface area contributed by atoms with Crippen molar-refractivity contribution in [3.63, 3.8) is 0 Å². The SMILES string of the molecule is CC(Oc1ccc(Oc2ccc3cccnc3n2)cc1)C(=O)O. The number of rotatable bonds is 5. The Morgan fingerprint density at radius 3 is 2.57 bits per heavy atom. The van der Waals surface area contributed by atoms with E-state index in [0.29, 0.717) is 23.0 Å². The highest BCUT2D eigenvalue weighted by molar-refractivity contribution is 5.74. The summed E-state index contributed by atoms with van der Waals surface area (Å²) >= 11 is 0. The number of carbonyl (C=O) groups is 1. The lowest BCUT2D eigenvalue weighted by atomic mass is 10.3. The molecule has 0 bridgehead atoms. The molecule has 6 heteroatoms. The monoisotopic (exact) mass is 310 g/mol. The largest absolute Gasteiger partial charge is 0.479 e. The molecule has 6 nitrogen and oxygen atoms in total. The summed E-state index contributed by atoms with van der Waals surface area (Å²) in [5.41, 5.74) is 0.611. The van der Waals surface area contributed by atoms with Gasteiger partial charge in [0.05, 0.1) is 0 Å². The van der Waals surface area contributed by atoms with Gasteiger partial charge in [-0.2, -0.15) is 4.98 Å². The van der Waals surface area contributed by atoms with E-state index in [1.807, 2.05) is 18.2 Å². The van der Waals surface area contributed by atoms with Crippen molar-refractivity contribution in [2.24, 2.45) is 0 Å². The highest BCUT2D eigenvalue weighted by atomic mass is 16.5. The van der Waals surface area contributed by atoms with Crippen molar-refractivity contribution in [2.45, 2.75) is 13.0 Å². The molecule has 0 amide bonds. The van der Waals surface area contributed by atoms with Gasteiger partial charge in [-0.05, 0) is 49.4 Å². The van der Waals surface area contributed by atoms with Crippen LogP contribution in [0.1, 0.15) is 6.92 Å². The molecule has 3 rings (SSSR count). The van der Waals surface area contributed by atoms with Gasteiger partial charge in [-0.1, -0.05) is 0 Å². The van der Waals surface area contributed by atoms with Crippen LogP contribution in [0.15, 0.2) is 54.7 Å². The van der Waals surface area contributed by atoms with Crippen molar-refractivity contribution in [2.75, 3.05) is 0 Å². The van der Waals surface area contributed by atoms with Crippen LogP contribution >= 0.6 is 0 Å². The zero-order chi connectivity index (χ0) is 16.2. The summed E-state index contributed by atoms with van der Waals surface area (Å²) in [7, 11) is 0. The normalized spacial score (nSPS) is 11.9. The van der Waals surface area contributed by atoms with Crippen LogP contribution in [0.3, 0.4) is 0 Å². The first-order valence-corrected chi connectivity index (χ1v) is 7.01. The number of aromatic nitrogens is 2. The lowest BCUT2D eigenvalue weighted by Gasteiger charge is -2.11. The summed E-state index contributed by atoms with van der Waals surface area (Å²) < 4.78 is 10.9. The molecule has 2 heterocycles. The van der Waals surface area contributed by atoms with Crippen LogP contribution < -0.4 is 9.47 Å². The van der Waals surface area contributed by atoms with E-state index in [0.717, 1.165) is 5.39 Å². The zero-order valence-corrected chi connectivity index (χ0v) is 12.3. The number of carboxylic acid groups (broad SMARTS) is 1. The van der Waals surface area contributed by atoms with Gasteiger partial charge < -0.3 is 14.6 Å². The molecular weight excluding hydrogens is 296 g/mol. The number of nitrogens with zero attached hydrogens (tertiary/aromatic N) is 2. The molecule has 1 atom stereocenters. The van der Waals surface area contributed by atoms with Crippen molar-refractivity contribution >= 4 is 17.0 Å². The summed E-state index contributed by atoms with van der Waals surface area (Å²) in [6.45, 7) is 1.47. The molecule has 0 saturated carbocycles. The van der Waals surface area contributed by atoms with E-state index in [1.54, 1.807) is 36.5 Å². The second kappa shape index (κ2) is 6.31. The molecule has 0 radical (unpaired) electrons. The molecule has 1 unspecified atom stereocenters. The van der Waals surface area contributed by atoms with E-state index < -0.39 is 12.1 Å². The average Bonchev–Trinajstić information content (AvgIpc) is 2.56. The zero-order valence-electron chi connectivity index (χ0n) is 12.3. The first-order chi connectivity index (χ1) is 11.1. The lowest BCUT2D eigenvalue weighted by Crippen LogP contribution is -2.22. The second-order valence-electron chi connectivity index (χ2n) is 4.87. The van der Waals surface area contributed by atoms with Gasteiger partial charge in [-0.15, -0.1) is 0 Å². The van der Waals surface area contributed by atoms with Crippen molar-refractivity contribution in [3.05, 3.63) is 54.7 Å². The predicted molar refractivity (Wildman–Crippen MR) is 83.8 cm³/mol. The van der Waals surface area contributed by atoms with E-state index in [9.17, 15) is 4.79 Å². The molecule has 1 aromatic carbocycles. The average molecular weight is 310 g/mol. The van der Waals surface area contributed by atoms with Gasteiger partial charge in [-0.3, -0.25) is 0 Å². The highest BCUT2D eigenvalue weighted by Gasteiger charge is 2.12. The fourth-order valence-electron chi connectivity index (χ4n) is 1.95. The Morgan fingerprint density at radius 2 is 1.83 bits per heavy atom. The third-order valence-electron chi connectivity index (χ3n) is 3.15. The van der Waals surface area contributed by atoms with Gasteiger partial charge >= 0.3 is 5.97 Å². The van der Waals surface area contributed by atoms with Crippen molar-refractivity contribution in [1.29, 1.82) is 0 Å². The maximum atomic E-state index is 10.8. The molecule has 2 aromatic heterocycles. The molecule has 0 saturated heterocycles. The van der Waals surface area contributed by atoms with Gasteiger partial charge in [-0.25, -0.2) is 9.78 Å². The standard InChI is InChI=1S/C17H14N2O4/c1-11(17(20)21)22-13-5-7-14(8-6-13)23-15-9-4-12-3-2-10-18-16(12)19-15/h2-11H,1H3,(H,20,21). The van der Waals surface area contributed by atoms with Crippen LogP contribution in [0, 0.1) is 0 Å². The molecule has 0 fully saturated rings. The Kier molecular flexibility index (Phi) is 4.05. The number of fused-ring (bicyclic) bond motifs is 1. The lowest BCUT2D eigenvalue weighted by molar-refractivity contribution is -0.144. The molecule has 0 aliphatic carbocycles. The van der Waals surface area contributed by atoms with Crippen LogP contribution in [0.4, 0.5) is 0 Å². The number of hydrogen-bond acceptors (Lipinski definition) is 5. The topological polar surface area (TPSA) is 81.5 Å². The number of ether oxygens (including phenoxy) is 2. The van der Waals surface area contributed by atoms with Crippen molar-refractivity contribution in [3.8, 4) is 17.4 Å². The molecular formula is C17H14N2O4.